The molecule has 0 saturated heterocycles. The molecule has 0 fully saturated rings. The molecule has 1 aliphatic heterocycles. The van der Waals surface area contributed by atoms with Crippen molar-refractivity contribution in [2.75, 3.05) is 24.7 Å². The van der Waals surface area contributed by atoms with Crippen molar-refractivity contribution in [3.63, 3.8) is 0 Å². The summed E-state index contributed by atoms with van der Waals surface area (Å²) in [6.07, 6.45) is 0.256. The van der Waals surface area contributed by atoms with Gasteiger partial charge in [0.25, 0.3) is 0 Å². The molecule has 3 rings (SSSR count). The molecule has 0 amide bonds. The van der Waals surface area contributed by atoms with E-state index in [2.05, 4.69) is 49.9 Å². The number of esters is 1. The zero-order valence-electron chi connectivity index (χ0n) is 16.2. The SMILES string of the molecule is Br.CC1N(CCOCCC(=O)Oc2ccccc2)c2ccccc2C1(C)C. The van der Waals surface area contributed by atoms with E-state index in [-0.39, 0.29) is 34.8 Å². The Morgan fingerprint density at radius 1 is 1.04 bits per heavy atom. The summed E-state index contributed by atoms with van der Waals surface area (Å²) in [6, 6.07) is 18.1. The first kappa shape index (κ1) is 21.5. The number of carbonyl (C=O) groups excluding carboxylic acids is 1. The molecule has 146 valence electrons. The standard InChI is InChI=1S/C22H27NO3.BrH/c1-17-22(2,3)19-11-7-8-12-20(19)23(17)14-16-25-15-13-21(24)26-18-9-5-4-6-10-18;/h4-12,17H,13-16H2,1-3H3;1H. The number of fused-ring (bicyclic) bond motifs is 1. The van der Waals surface area contributed by atoms with Crippen molar-refractivity contribution >= 4 is 28.6 Å². The summed E-state index contributed by atoms with van der Waals surface area (Å²) >= 11 is 0. The summed E-state index contributed by atoms with van der Waals surface area (Å²) in [5, 5.41) is 0. The molecule has 1 aliphatic rings. The van der Waals surface area contributed by atoms with Crippen molar-refractivity contribution in [1.29, 1.82) is 0 Å². The van der Waals surface area contributed by atoms with Crippen molar-refractivity contribution in [3.05, 3.63) is 60.2 Å². The zero-order chi connectivity index (χ0) is 18.6. The summed E-state index contributed by atoms with van der Waals surface area (Å²) in [4.78, 5) is 14.2. The minimum absolute atomic E-state index is 0. The van der Waals surface area contributed by atoms with Gasteiger partial charge in [-0.05, 0) is 30.7 Å². The number of halogens is 1. The molecule has 0 N–H and O–H groups in total. The Bertz CT molecular complexity index is 748. The number of anilines is 1. The molecule has 0 aliphatic carbocycles. The first-order valence-corrected chi connectivity index (χ1v) is 9.20. The summed E-state index contributed by atoms with van der Waals surface area (Å²) in [7, 11) is 0. The first-order chi connectivity index (χ1) is 12.5. The molecule has 0 saturated carbocycles. The second kappa shape index (κ2) is 9.38. The molecule has 2 aromatic rings. The van der Waals surface area contributed by atoms with Gasteiger partial charge in [-0.1, -0.05) is 50.2 Å². The zero-order valence-corrected chi connectivity index (χ0v) is 17.9. The summed E-state index contributed by atoms with van der Waals surface area (Å²) in [5.41, 5.74) is 2.80. The van der Waals surface area contributed by atoms with E-state index >= 15 is 0 Å². The third-order valence-electron chi connectivity index (χ3n) is 5.32. The van der Waals surface area contributed by atoms with Gasteiger partial charge in [-0.25, -0.2) is 0 Å². The highest BCUT2D eigenvalue weighted by Gasteiger charge is 2.41. The normalized spacial score (nSPS) is 17.1. The lowest BCUT2D eigenvalue weighted by Crippen LogP contribution is -2.40. The fourth-order valence-corrected chi connectivity index (χ4v) is 3.50. The molecule has 5 heteroatoms. The molecule has 1 unspecified atom stereocenters. The molecule has 0 radical (unpaired) electrons. The van der Waals surface area contributed by atoms with Gasteiger partial charge in [0.05, 0.1) is 19.6 Å². The van der Waals surface area contributed by atoms with Gasteiger partial charge >= 0.3 is 5.97 Å². The van der Waals surface area contributed by atoms with Crippen LogP contribution in [0.5, 0.6) is 5.75 Å². The van der Waals surface area contributed by atoms with E-state index in [4.69, 9.17) is 9.47 Å². The van der Waals surface area contributed by atoms with Crippen LogP contribution in [0.25, 0.3) is 0 Å². The number of hydrogen-bond donors (Lipinski definition) is 0. The van der Waals surface area contributed by atoms with Gasteiger partial charge in [-0.2, -0.15) is 0 Å². The number of para-hydroxylation sites is 2. The Morgan fingerprint density at radius 2 is 1.70 bits per heavy atom. The fraction of sp³-hybridized carbons (Fsp3) is 0.409. The summed E-state index contributed by atoms with van der Waals surface area (Å²) in [5.74, 6) is 0.305. The largest absolute Gasteiger partial charge is 0.426 e. The van der Waals surface area contributed by atoms with Crippen molar-refractivity contribution in [2.45, 2.75) is 38.6 Å². The Balaban J connectivity index is 0.00000261. The Hall–Kier alpha value is -1.85. The average Bonchev–Trinajstić information content (AvgIpc) is 2.83. The number of nitrogens with zero attached hydrogens (tertiary/aromatic N) is 1. The van der Waals surface area contributed by atoms with Crippen LogP contribution in [0, 0.1) is 0 Å². The maximum Gasteiger partial charge on any atom is 0.313 e. The van der Waals surface area contributed by atoms with Crippen molar-refractivity contribution in [3.8, 4) is 5.75 Å². The van der Waals surface area contributed by atoms with Crippen LogP contribution in [0.2, 0.25) is 0 Å². The Morgan fingerprint density at radius 3 is 2.44 bits per heavy atom. The first-order valence-electron chi connectivity index (χ1n) is 9.20. The van der Waals surface area contributed by atoms with Crippen molar-refractivity contribution < 1.29 is 14.3 Å². The molecular formula is C22H28BrNO3. The molecule has 0 bridgehead atoms. The second-order valence-electron chi connectivity index (χ2n) is 7.26. The summed E-state index contributed by atoms with van der Waals surface area (Å²) in [6.45, 7) is 8.62. The molecule has 0 spiro atoms. The van der Waals surface area contributed by atoms with Crippen LogP contribution in [-0.2, 0) is 14.9 Å². The predicted molar refractivity (Wildman–Crippen MR) is 114 cm³/mol. The average molecular weight is 434 g/mol. The smallest absolute Gasteiger partial charge is 0.313 e. The van der Waals surface area contributed by atoms with Crippen LogP contribution in [0.15, 0.2) is 54.6 Å². The highest BCUT2D eigenvalue weighted by molar-refractivity contribution is 8.93. The predicted octanol–water partition coefficient (Wildman–Crippen LogP) is 4.76. The van der Waals surface area contributed by atoms with Gasteiger partial charge < -0.3 is 14.4 Å². The topological polar surface area (TPSA) is 38.8 Å². The van der Waals surface area contributed by atoms with Gasteiger partial charge in [0.15, 0.2) is 0 Å². The maximum atomic E-state index is 11.8. The van der Waals surface area contributed by atoms with E-state index < -0.39 is 0 Å². The third kappa shape index (κ3) is 4.90. The number of hydrogen-bond acceptors (Lipinski definition) is 4. The summed E-state index contributed by atoms with van der Waals surface area (Å²) < 4.78 is 10.9. The molecule has 27 heavy (non-hydrogen) atoms. The Labute approximate surface area is 172 Å². The van der Waals surface area contributed by atoms with Crippen LogP contribution in [0.4, 0.5) is 5.69 Å². The lowest BCUT2D eigenvalue weighted by atomic mass is 9.81. The molecular weight excluding hydrogens is 406 g/mol. The van der Waals surface area contributed by atoms with Crippen molar-refractivity contribution in [1.82, 2.24) is 0 Å². The number of rotatable bonds is 7. The van der Waals surface area contributed by atoms with Crippen LogP contribution < -0.4 is 9.64 Å². The Kier molecular flexibility index (Phi) is 7.45. The van der Waals surface area contributed by atoms with E-state index in [9.17, 15) is 4.79 Å². The lowest BCUT2D eigenvalue weighted by Gasteiger charge is -2.31. The number of ether oxygens (including phenoxy) is 2. The minimum atomic E-state index is -0.266. The molecule has 1 atom stereocenters. The van der Waals surface area contributed by atoms with Crippen LogP contribution in [0.1, 0.15) is 32.8 Å². The monoisotopic (exact) mass is 433 g/mol. The fourth-order valence-electron chi connectivity index (χ4n) is 3.50. The third-order valence-corrected chi connectivity index (χ3v) is 5.32. The van der Waals surface area contributed by atoms with Gasteiger partial charge in [-0.15, -0.1) is 17.0 Å². The maximum absolute atomic E-state index is 11.8. The highest BCUT2D eigenvalue weighted by atomic mass is 79.9. The second-order valence-corrected chi connectivity index (χ2v) is 7.26. The van der Waals surface area contributed by atoms with Crippen LogP contribution in [0.3, 0.4) is 0 Å². The van der Waals surface area contributed by atoms with E-state index in [0.717, 1.165) is 6.54 Å². The lowest BCUT2D eigenvalue weighted by molar-refractivity contribution is -0.135. The number of carbonyl (C=O) groups is 1. The van der Waals surface area contributed by atoms with Crippen LogP contribution in [-0.4, -0.2) is 31.8 Å². The molecule has 2 aromatic carbocycles. The van der Waals surface area contributed by atoms with E-state index in [1.165, 1.54) is 11.3 Å². The molecule has 4 nitrogen and oxygen atoms in total. The number of benzene rings is 2. The minimum Gasteiger partial charge on any atom is -0.426 e. The van der Waals surface area contributed by atoms with E-state index in [1.54, 1.807) is 12.1 Å². The van der Waals surface area contributed by atoms with Gasteiger partial charge in [0.1, 0.15) is 5.75 Å². The van der Waals surface area contributed by atoms with Crippen LogP contribution >= 0.6 is 17.0 Å². The quantitative estimate of drug-likeness (QED) is 0.358. The van der Waals surface area contributed by atoms with Gasteiger partial charge in [0, 0.05) is 23.7 Å². The van der Waals surface area contributed by atoms with E-state index in [1.807, 2.05) is 18.2 Å². The van der Waals surface area contributed by atoms with Crippen molar-refractivity contribution in [2.24, 2.45) is 0 Å². The van der Waals surface area contributed by atoms with E-state index in [0.29, 0.717) is 25.0 Å². The van der Waals surface area contributed by atoms with Gasteiger partial charge in [-0.3, -0.25) is 4.79 Å². The highest BCUT2D eigenvalue weighted by Crippen LogP contribution is 2.44. The molecule has 1 heterocycles. The van der Waals surface area contributed by atoms with Gasteiger partial charge in [0.2, 0.25) is 0 Å². The molecule has 0 aromatic heterocycles.